The number of carbonyl (C=O) groups is 2. The monoisotopic (exact) mass is 211 g/mol. The summed E-state index contributed by atoms with van der Waals surface area (Å²) in [5, 5.41) is 0. The minimum Gasteiger partial charge on any atom is -0.330 e. The van der Waals surface area contributed by atoms with E-state index in [0.29, 0.717) is 6.54 Å². The third-order valence-electron chi connectivity index (χ3n) is 2.68. The van der Waals surface area contributed by atoms with E-state index in [9.17, 15) is 9.59 Å². The molecule has 0 N–H and O–H groups in total. The van der Waals surface area contributed by atoms with Crippen LogP contribution in [0, 0.1) is 5.41 Å². The molecule has 0 spiro atoms. The Balaban J connectivity index is 2.78. The predicted molar refractivity (Wildman–Crippen MR) is 59.5 cm³/mol. The van der Waals surface area contributed by atoms with Gasteiger partial charge in [0, 0.05) is 5.54 Å². The zero-order chi connectivity index (χ0) is 11.9. The Labute approximate surface area is 91.8 Å². The van der Waals surface area contributed by atoms with Crippen LogP contribution in [-0.4, -0.2) is 28.7 Å². The zero-order valence-corrected chi connectivity index (χ0v) is 10.4. The average molecular weight is 211 g/mol. The molecule has 15 heavy (non-hydrogen) atoms. The summed E-state index contributed by atoms with van der Waals surface area (Å²) in [6, 6.07) is 0. The molecule has 0 bridgehead atoms. The number of likely N-dealkylation sites (tertiary alicyclic amines) is 1. The third kappa shape index (κ3) is 3.05. The van der Waals surface area contributed by atoms with Crippen LogP contribution in [0.1, 0.15) is 47.5 Å². The van der Waals surface area contributed by atoms with Crippen LogP contribution in [0.4, 0.5) is 0 Å². The average Bonchev–Trinajstić information content (AvgIpc) is 2.24. The van der Waals surface area contributed by atoms with Crippen molar-refractivity contribution in [2.45, 2.75) is 53.0 Å². The molecule has 3 heteroatoms. The van der Waals surface area contributed by atoms with Crippen LogP contribution in [0.5, 0.6) is 0 Å². The first kappa shape index (κ1) is 12.2. The molecule has 1 heterocycles. The molecule has 1 fully saturated rings. The van der Waals surface area contributed by atoms with Gasteiger partial charge in [-0.25, -0.2) is 0 Å². The van der Waals surface area contributed by atoms with Crippen molar-refractivity contribution in [3.63, 3.8) is 0 Å². The van der Waals surface area contributed by atoms with E-state index >= 15 is 0 Å². The molecule has 1 aliphatic rings. The van der Waals surface area contributed by atoms with Crippen molar-refractivity contribution in [2.75, 3.05) is 6.54 Å². The van der Waals surface area contributed by atoms with E-state index in [1.165, 1.54) is 0 Å². The molecule has 1 aliphatic heterocycles. The van der Waals surface area contributed by atoms with Crippen molar-refractivity contribution in [3.05, 3.63) is 0 Å². The van der Waals surface area contributed by atoms with Gasteiger partial charge in [-0.15, -0.1) is 0 Å². The number of Topliss-reactive ketones (excluding diaryl/α,β-unsaturated/α-hetero) is 1. The van der Waals surface area contributed by atoms with Gasteiger partial charge in [0.05, 0.1) is 13.0 Å². The SMILES string of the molecule is CC(C)(C)CC(C)(C)N1CC(=O)CC1=O. The second kappa shape index (κ2) is 3.62. The fraction of sp³-hybridized carbons (Fsp3) is 0.833. The lowest BCUT2D eigenvalue weighted by Crippen LogP contribution is -2.47. The van der Waals surface area contributed by atoms with Crippen molar-refractivity contribution in [3.8, 4) is 0 Å². The van der Waals surface area contributed by atoms with E-state index in [2.05, 4.69) is 20.8 Å². The van der Waals surface area contributed by atoms with Gasteiger partial charge < -0.3 is 4.90 Å². The number of ketones is 1. The fourth-order valence-electron chi connectivity index (χ4n) is 2.53. The number of carbonyl (C=O) groups excluding carboxylic acids is 2. The van der Waals surface area contributed by atoms with Gasteiger partial charge in [-0.1, -0.05) is 20.8 Å². The summed E-state index contributed by atoms with van der Waals surface area (Å²) in [6.45, 7) is 10.8. The predicted octanol–water partition coefficient (Wildman–Crippen LogP) is 2.00. The Morgan fingerprint density at radius 3 is 2.00 bits per heavy atom. The Kier molecular flexibility index (Phi) is 2.94. The number of hydrogen-bond acceptors (Lipinski definition) is 2. The lowest BCUT2D eigenvalue weighted by atomic mass is 9.81. The first-order chi connectivity index (χ1) is 6.62. The molecule has 0 radical (unpaired) electrons. The summed E-state index contributed by atoms with van der Waals surface area (Å²) in [4.78, 5) is 24.6. The molecular formula is C12H21NO2. The van der Waals surface area contributed by atoms with Gasteiger partial charge in [0.25, 0.3) is 0 Å². The summed E-state index contributed by atoms with van der Waals surface area (Å²) >= 11 is 0. The Morgan fingerprint density at radius 2 is 1.67 bits per heavy atom. The van der Waals surface area contributed by atoms with Crippen LogP contribution in [-0.2, 0) is 9.59 Å². The molecule has 1 saturated heterocycles. The summed E-state index contributed by atoms with van der Waals surface area (Å²) in [5.74, 6) is 0.0243. The number of nitrogens with zero attached hydrogens (tertiary/aromatic N) is 1. The van der Waals surface area contributed by atoms with Crippen molar-refractivity contribution in [2.24, 2.45) is 5.41 Å². The Hall–Kier alpha value is -0.860. The Bertz CT molecular complexity index is 286. The highest BCUT2D eigenvalue weighted by Gasteiger charge is 2.39. The molecule has 1 rings (SSSR count). The van der Waals surface area contributed by atoms with Gasteiger partial charge in [-0.05, 0) is 25.7 Å². The smallest absolute Gasteiger partial charge is 0.230 e. The van der Waals surface area contributed by atoms with Crippen molar-refractivity contribution >= 4 is 11.7 Å². The summed E-state index contributed by atoms with van der Waals surface area (Å²) in [6.07, 6.45) is 0.993. The largest absolute Gasteiger partial charge is 0.330 e. The van der Waals surface area contributed by atoms with Gasteiger partial charge in [-0.3, -0.25) is 9.59 Å². The van der Waals surface area contributed by atoms with Gasteiger partial charge >= 0.3 is 0 Å². The molecule has 0 aromatic carbocycles. The maximum atomic E-state index is 11.6. The van der Waals surface area contributed by atoms with E-state index in [4.69, 9.17) is 0 Å². The molecule has 86 valence electrons. The molecule has 3 nitrogen and oxygen atoms in total. The second-order valence-corrected chi connectivity index (χ2v) is 6.25. The standard InChI is InChI=1S/C12H21NO2/c1-11(2,3)8-12(4,5)13-7-9(14)6-10(13)15/h6-8H2,1-5H3. The number of rotatable bonds is 2. The maximum Gasteiger partial charge on any atom is 0.230 e. The topological polar surface area (TPSA) is 37.4 Å². The van der Waals surface area contributed by atoms with E-state index in [1.807, 2.05) is 13.8 Å². The molecule has 1 amide bonds. The van der Waals surface area contributed by atoms with E-state index in [0.717, 1.165) is 6.42 Å². The van der Waals surface area contributed by atoms with E-state index in [-0.39, 0.29) is 29.1 Å². The lowest BCUT2D eigenvalue weighted by Gasteiger charge is -2.39. The van der Waals surface area contributed by atoms with Crippen LogP contribution in [0.15, 0.2) is 0 Å². The van der Waals surface area contributed by atoms with E-state index < -0.39 is 0 Å². The van der Waals surface area contributed by atoms with Crippen molar-refractivity contribution in [1.29, 1.82) is 0 Å². The third-order valence-corrected chi connectivity index (χ3v) is 2.68. The molecule has 0 aliphatic carbocycles. The number of hydrogen-bond donors (Lipinski definition) is 0. The highest BCUT2D eigenvalue weighted by Crippen LogP contribution is 2.33. The fourth-order valence-corrected chi connectivity index (χ4v) is 2.53. The Morgan fingerprint density at radius 1 is 1.13 bits per heavy atom. The summed E-state index contributed by atoms with van der Waals surface area (Å²) in [5.41, 5.74) is -0.0586. The first-order valence-electron chi connectivity index (χ1n) is 5.44. The van der Waals surface area contributed by atoms with Crippen LogP contribution in [0.3, 0.4) is 0 Å². The first-order valence-corrected chi connectivity index (χ1v) is 5.44. The molecule has 0 saturated carbocycles. The van der Waals surface area contributed by atoms with Crippen LogP contribution >= 0.6 is 0 Å². The minimum absolute atomic E-state index is 0.0192. The number of amides is 1. The van der Waals surface area contributed by atoms with Crippen LogP contribution < -0.4 is 0 Å². The molecule has 0 aromatic heterocycles. The van der Waals surface area contributed by atoms with Crippen LogP contribution in [0.25, 0.3) is 0 Å². The normalized spacial score (nSPS) is 18.9. The van der Waals surface area contributed by atoms with Gasteiger partial charge in [-0.2, -0.15) is 0 Å². The maximum absolute atomic E-state index is 11.6. The van der Waals surface area contributed by atoms with E-state index in [1.54, 1.807) is 4.90 Å². The quantitative estimate of drug-likeness (QED) is 0.655. The highest BCUT2D eigenvalue weighted by molar-refractivity contribution is 6.05. The van der Waals surface area contributed by atoms with Gasteiger partial charge in [0.15, 0.2) is 5.78 Å². The summed E-state index contributed by atoms with van der Waals surface area (Å²) in [7, 11) is 0. The minimum atomic E-state index is -0.221. The lowest BCUT2D eigenvalue weighted by molar-refractivity contribution is -0.133. The molecule has 0 atom stereocenters. The van der Waals surface area contributed by atoms with Crippen molar-refractivity contribution in [1.82, 2.24) is 4.90 Å². The zero-order valence-electron chi connectivity index (χ0n) is 10.4. The highest BCUT2D eigenvalue weighted by atomic mass is 16.2. The van der Waals surface area contributed by atoms with Crippen molar-refractivity contribution < 1.29 is 9.59 Å². The second-order valence-electron chi connectivity index (χ2n) is 6.25. The van der Waals surface area contributed by atoms with Gasteiger partial charge in [0.1, 0.15) is 0 Å². The molecular weight excluding hydrogens is 190 g/mol. The summed E-state index contributed by atoms with van der Waals surface area (Å²) < 4.78 is 0. The van der Waals surface area contributed by atoms with Gasteiger partial charge in [0.2, 0.25) is 5.91 Å². The van der Waals surface area contributed by atoms with Crippen LogP contribution in [0.2, 0.25) is 0 Å². The molecule has 0 aromatic rings. The molecule has 0 unspecified atom stereocenters.